The summed E-state index contributed by atoms with van der Waals surface area (Å²) in [6.45, 7) is 5.19. The lowest BCUT2D eigenvalue weighted by Crippen LogP contribution is -2.51. The number of piperidine rings is 1. The highest BCUT2D eigenvalue weighted by molar-refractivity contribution is 14.0. The van der Waals surface area contributed by atoms with E-state index in [0.29, 0.717) is 12.1 Å². The Hall–Kier alpha value is -1.80. The molecule has 1 aliphatic rings. The van der Waals surface area contributed by atoms with Gasteiger partial charge in [0.1, 0.15) is 5.75 Å². The van der Waals surface area contributed by atoms with Crippen LogP contribution in [-0.2, 0) is 13.1 Å². The molecule has 6 heteroatoms. The molecule has 1 fully saturated rings. The van der Waals surface area contributed by atoms with Crippen LogP contribution < -0.4 is 15.4 Å². The van der Waals surface area contributed by atoms with E-state index in [0.717, 1.165) is 44.2 Å². The van der Waals surface area contributed by atoms with Crippen LogP contribution in [0.4, 0.5) is 0 Å². The number of likely N-dealkylation sites (tertiary alicyclic amines) is 1. The molecule has 0 amide bonds. The topological polar surface area (TPSA) is 48.9 Å². The van der Waals surface area contributed by atoms with Crippen molar-refractivity contribution >= 4 is 29.9 Å². The van der Waals surface area contributed by atoms with Crippen molar-refractivity contribution < 1.29 is 4.74 Å². The van der Waals surface area contributed by atoms with Gasteiger partial charge in [-0.25, -0.2) is 0 Å². The molecular formula is C23H33IN4O. The van der Waals surface area contributed by atoms with Crippen LogP contribution in [0.1, 0.15) is 30.9 Å². The minimum Gasteiger partial charge on any atom is -0.497 e. The van der Waals surface area contributed by atoms with Crippen LogP contribution in [-0.4, -0.2) is 43.6 Å². The number of hydrogen-bond donors (Lipinski definition) is 2. The summed E-state index contributed by atoms with van der Waals surface area (Å²) in [5.74, 6) is 1.74. The number of benzene rings is 2. The fraction of sp³-hybridized carbons (Fsp3) is 0.435. The molecule has 0 spiro atoms. The van der Waals surface area contributed by atoms with Gasteiger partial charge in [-0.3, -0.25) is 9.89 Å². The molecule has 2 atom stereocenters. The van der Waals surface area contributed by atoms with Crippen molar-refractivity contribution in [3.05, 3.63) is 65.7 Å². The van der Waals surface area contributed by atoms with Crippen molar-refractivity contribution in [2.75, 3.05) is 20.7 Å². The second-order valence-corrected chi connectivity index (χ2v) is 7.44. The number of nitrogens with zero attached hydrogens (tertiary/aromatic N) is 2. The van der Waals surface area contributed by atoms with Gasteiger partial charge in [0.15, 0.2) is 5.96 Å². The Morgan fingerprint density at radius 2 is 1.83 bits per heavy atom. The molecule has 0 radical (unpaired) electrons. The van der Waals surface area contributed by atoms with Crippen molar-refractivity contribution in [1.29, 1.82) is 0 Å². The Balaban J connectivity index is 0.00000300. The van der Waals surface area contributed by atoms with Gasteiger partial charge in [-0.05, 0) is 43.0 Å². The molecule has 0 saturated carbocycles. The lowest BCUT2D eigenvalue weighted by atomic mass is 9.97. The van der Waals surface area contributed by atoms with E-state index in [4.69, 9.17) is 4.74 Å². The first-order valence-electron chi connectivity index (χ1n) is 10.1. The highest BCUT2D eigenvalue weighted by Crippen LogP contribution is 2.20. The van der Waals surface area contributed by atoms with Crippen LogP contribution in [0, 0.1) is 0 Å². The fourth-order valence-corrected chi connectivity index (χ4v) is 3.72. The summed E-state index contributed by atoms with van der Waals surface area (Å²) >= 11 is 0. The Labute approximate surface area is 192 Å². The molecule has 0 bridgehead atoms. The maximum Gasteiger partial charge on any atom is 0.191 e. The molecule has 1 aliphatic heterocycles. The molecule has 0 aliphatic carbocycles. The first-order valence-corrected chi connectivity index (χ1v) is 10.1. The summed E-state index contributed by atoms with van der Waals surface area (Å²) in [6, 6.07) is 19.8. The number of ether oxygens (including phenoxy) is 1. The average molecular weight is 508 g/mol. The van der Waals surface area contributed by atoms with Gasteiger partial charge in [-0.15, -0.1) is 24.0 Å². The molecule has 2 unspecified atom stereocenters. The Bertz CT molecular complexity index is 751. The van der Waals surface area contributed by atoms with Gasteiger partial charge in [0.25, 0.3) is 0 Å². The molecule has 158 valence electrons. The van der Waals surface area contributed by atoms with E-state index in [1.54, 1.807) is 7.11 Å². The molecule has 5 nitrogen and oxygen atoms in total. The van der Waals surface area contributed by atoms with E-state index in [-0.39, 0.29) is 24.0 Å². The van der Waals surface area contributed by atoms with E-state index < -0.39 is 0 Å². The molecule has 2 aromatic rings. The molecule has 3 rings (SSSR count). The van der Waals surface area contributed by atoms with E-state index >= 15 is 0 Å². The summed E-state index contributed by atoms with van der Waals surface area (Å²) in [6.07, 6.45) is 2.25. The number of guanidine groups is 1. The van der Waals surface area contributed by atoms with E-state index in [9.17, 15) is 0 Å². The molecule has 1 saturated heterocycles. The zero-order valence-electron chi connectivity index (χ0n) is 17.6. The first-order chi connectivity index (χ1) is 13.7. The van der Waals surface area contributed by atoms with Crippen LogP contribution in [0.5, 0.6) is 5.75 Å². The smallest absolute Gasteiger partial charge is 0.191 e. The van der Waals surface area contributed by atoms with Crippen molar-refractivity contribution in [2.24, 2.45) is 4.99 Å². The van der Waals surface area contributed by atoms with Gasteiger partial charge in [0.2, 0.25) is 0 Å². The summed E-state index contributed by atoms with van der Waals surface area (Å²) in [4.78, 5) is 6.97. The lowest BCUT2D eigenvalue weighted by Gasteiger charge is -2.38. The first kappa shape index (κ1) is 23.5. The SMILES string of the molecule is CN=C(NCc1ccc(OC)cc1)NC1CCN(Cc2ccccc2)C(C)C1.I. The minimum absolute atomic E-state index is 0. The summed E-state index contributed by atoms with van der Waals surface area (Å²) in [5, 5.41) is 7.02. The molecule has 1 heterocycles. The van der Waals surface area contributed by atoms with Crippen molar-refractivity contribution in [3.8, 4) is 5.75 Å². The third-order valence-corrected chi connectivity index (χ3v) is 5.43. The van der Waals surface area contributed by atoms with Gasteiger partial charge in [0.05, 0.1) is 7.11 Å². The Morgan fingerprint density at radius 1 is 1.10 bits per heavy atom. The van der Waals surface area contributed by atoms with Crippen LogP contribution in [0.25, 0.3) is 0 Å². The molecule has 29 heavy (non-hydrogen) atoms. The zero-order valence-corrected chi connectivity index (χ0v) is 19.9. The van der Waals surface area contributed by atoms with E-state index in [1.165, 1.54) is 11.1 Å². The molecule has 2 aromatic carbocycles. The van der Waals surface area contributed by atoms with Crippen LogP contribution >= 0.6 is 24.0 Å². The average Bonchev–Trinajstić information content (AvgIpc) is 2.74. The number of rotatable bonds is 6. The maximum atomic E-state index is 5.21. The fourth-order valence-electron chi connectivity index (χ4n) is 3.72. The zero-order chi connectivity index (χ0) is 19.8. The van der Waals surface area contributed by atoms with Crippen molar-refractivity contribution in [3.63, 3.8) is 0 Å². The number of methoxy groups -OCH3 is 1. The van der Waals surface area contributed by atoms with Gasteiger partial charge >= 0.3 is 0 Å². The van der Waals surface area contributed by atoms with Crippen molar-refractivity contribution in [2.45, 2.75) is 44.9 Å². The van der Waals surface area contributed by atoms with E-state index in [1.807, 2.05) is 19.2 Å². The van der Waals surface area contributed by atoms with Gasteiger partial charge < -0.3 is 15.4 Å². The summed E-state index contributed by atoms with van der Waals surface area (Å²) < 4.78 is 5.21. The monoisotopic (exact) mass is 508 g/mol. The normalized spacial score (nSPS) is 19.9. The number of nitrogens with one attached hydrogen (secondary N) is 2. The van der Waals surface area contributed by atoms with Gasteiger partial charge in [0, 0.05) is 38.8 Å². The van der Waals surface area contributed by atoms with Crippen molar-refractivity contribution in [1.82, 2.24) is 15.5 Å². The van der Waals surface area contributed by atoms with Crippen LogP contribution in [0.3, 0.4) is 0 Å². The van der Waals surface area contributed by atoms with Gasteiger partial charge in [-0.2, -0.15) is 0 Å². The van der Waals surface area contributed by atoms with Crippen LogP contribution in [0.15, 0.2) is 59.6 Å². The largest absolute Gasteiger partial charge is 0.497 e. The van der Waals surface area contributed by atoms with Gasteiger partial charge in [-0.1, -0.05) is 42.5 Å². The third kappa shape index (κ3) is 7.19. The number of aliphatic imine (C=N–C) groups is 1. The predicted molar refractivity (Wildman–Crippen MR) is 131 cm³/mol. The molecule has 2 N–H and O–H groups in total. The second-order valence-electron chi connectivity index (χ2n) is 7.44. The lowest BCUT2D eigenvalue weighted by molar-refractivity contribution is 0.134. The summed E-state index contributed by atoms with van der Waals surface area (Å²) in [5.41, 5.74) is 2.59. The molecular weight excluding hydrogens is 475 g/mol. The standard InChI is InChI=1S/C23H32N4O.HI/c1-18-15-21(13-14-27(18)17-20-7-5-4-6-8-20)26-23(24-2)25-16-19-9-11-22(28-3)12-10-19;/h4-12,18,21H,13-17H2,1-3H3,(H2,24,25,26);1H. The Morgan fingerprint density at radius 3 is 2.45 bits per heavy atom. The highest BCUT2D eigenvalue weighted by atomic mass is 127. The van der Waals surface area contributed by atoms with Crippen LogP contribution in [0.2, 0.25) is 0 Å². The number of hydrogen-bond acceptors (Lipinski definition) is 3. The molecule has 0 aromatic heterocycles. The second kappa shape index (κ2) is 12.0. The number of halogens is 1. The minimum atomic E-state index is 0. The predicted octanol–water partition coefficient (Wildman–Crippen LogP) is 4.03. The third-order valence-electron chi connectivity index (χ3n) is 5.43. The quantitative estimate of drug-likeness (QED) is 0.352. The summed E-state index contributed by atoms with van der Waals surface area (Å²) in [7, 11) is 3.52. The Kier molecular flexibility index (Phi) is 9.73. The van der Waals surface area contributed by atoms with E-state index in [2.05, 4.69) is 69.9 Å². The maximum absolute atomic E-state index is 5.21. The highest BCUT2D eigenvalue weighted by Gasteiger charge is 2.25.